The highest BCUT2D eigenvalue weighted by atomic mass is 16.1. The lowest BCUT2D eigenvalue weighted by molar-refractivity contribution is -0.115. The van der Waals surface area contributed by atoms with Crippen LogP contribution in [0, 0.1) is 6.92 Å². The van der Waals surface area contributed by atoms with Crippen LogP contribution in [-0.2, 0) is 11.2 Å². The van der Waals surface area contributed by atoms with E-state index in [-0.39, 0.29) is 5.91 Å². The number of nitrogens with zero attached hydrogens (tertiary/aromatic N) is 3. The summed E-state index contributed by atoms with van der Waals surface area (Å²) in [4.78, 5) is 21.4. The molecule has 148 valence electrons. The zero-order chi connectivity index (χ0) is 20.1. The normalized spacial score (nSPS) is 14.0. The number of nitrogens with one attached hydrogen (secondary N) is 1. The van der Waals surface area contributed by atoms with Gasteiger partial charge < -0.3 is 15.1 Å². The summed E-state index contributed by atoms with van der Waals surface area (Å²) >= 11 is 0. The lowest BCUT2D eigenvalue weighted by atomic mass is 10.1. The summed E-state index contributed by atoms with van der Waals surface area (Å²) in [7, 11) is 0. The van der Waals surface area contributed by atoms with Crippen LogP contribution >= 0.6 is 0 Å². The molecule has 1 amide bonds. The van der Waals surface area contributed by atoms with Crippen molar-refractivity contribution < 1.29 is 4.79 Å². The predicted molar refractivity (Wildman–Crippen MR) is 119 cm³/mol. The van der Waals surface area contributed by atoms with E-state index in [4.69, 9.17) is 0 Å². The molecule has 0 aliphatic carbocycles. The molecule has 29 heavy (non-hydrogen) atoms. The number of carbonyl (C=O) groups is 1. The summed E-state index contributed by atoms with van der Waals surface area (Å²) in [5, 5.41) is 2.99. The minimum Gasteiger partial charge on any atom is -0.368 e. The molecule has 0 bridgehead atoms. The average molecular weight is 386 g/mol. The van der Waals surface area contributed by atoms with Crippen LogP contribution in [0.25, 0.3) is 0 Å². The number of benzene rings is 2. The van der Waals surface area contributed by atoms with Gasteiger partial charge in [-0.2, -0.15) is 0 Å². The second-order valence-corrected chi connectivity index (χ2v) is 7.42. The van der Waals surface area contributed by atoms with Gasteiger partial charge in [0.05, 0.1) is 6.42 Å². The lowest BCUT2D eigenvalue weighted by Gasteiger charge is -2.36. The van der Waals surface area contributed by atoms with Gasteiger partial charge in [0.25, 0.3) is 0 Å². The van der Waals surface area contributed by atoms with Crippen LogP contribution in [0.1, 0.15) is 11.1 Å². The van der Waals surface area contributed by atoms with Crippen LogP contribution in [0.2, 0.25) is 0 Å². The van der Waals surface area contributed by atoms with Crippen molar-refractivity contribution in [3.05, 3.63) is 84.1 Å². The van der Waals surface area contributed by atoms with E-state index < -0.39 is 0 Å². The Labute approximate surface area is 172 Å². The molecule has 1 aliphatic rings. The summed E-state index contributed by atoms with van der Waals surface area (Å²) in [6.07, 6.45) is 2.23. The second-order valence-electron chi connectivity index (χ2n) is 7.42. The summed E-state index contributed by atoms with van der Waals surface area (Å²) in [6.45, 7) is 5.85. The second kappa shape index (κ2) is 8.78. The van der Waals surface area contributed by atoms with Crippen molar-refractivity contribution in [2.75, 3.05) is 41.3 Å². The third-order valence-corrected chi connectivity index (χ3v) is 5.22. The predicted octanol–water partition coefficient (Wildman–Crippen LogP) is 3.90. The molecule has 0 spiro atoms. The number of hydrogen-bond donors (Lipinski definition) is 1. The maximum absolute atomic E-state index is 12.3. The van der Waals surface area contributed by atoms with Crippen molar-refractivity contribution in [2.24, 2.45) is 0 Å². The Bertz CT molecular complexity index is 948. The van der Waals surface area contributed by atoms with Gasteiger partial charge >= 0.3 is 0 Å². The first-order chi connectivity index (χ1) is 14.2. The smallest absolute Gasteiger partial charge is 0.228 e. The fourth-order valence-electron chi connectivity index (χ4n) is 3.70. The molecule has 5 nitrogen and oxygen atoms in total. The van der Waals surface area contributed by atoms with Gasteiger partial charge in [-0.1, -0.05) is 35.9 Å². The van der Waals surface area contributed by atoms with Crippen LogP contribution < -0.4 is 15.1 Å². The van der Waals surface area contributed by atoms with Gasteiger partial charge in [0.1, 0.15) is 5.82 Å². The number of amides is 1. The number of aryl methyl sites for hydroxylation is 1. The Morgan fingerprint density at radius 2 is 1.69 bits per heavy atom. The number of piperazine rings is 1. The maximum atomic E-state index is 12.3. The molecule has 3 aromatic rings. The molecular formula is C24H26N4O. The monoisotopic (exact) mass is 386 g/mol. The van der Waals surface area contributed by atoms with Gasteiger partial charge in [-0.3, -0.25) is 4.79 Å². The molecule has 1 aromatic heterocycles. The van der Waals surface area contributed by atoms with Crippen molar-refractivity contribution in [2.45, 2.75) is 13.3 Å². The number of carbonyl (C=O) groups excluding carboxylic acids is 1. The Hall–Kier alpha value is -3.34. The molecular weight excluding hydrogens is 360 g/mol. The topological polar surface area (TPSA) is 48.5 Å². The summed E-state index contributed by atoms with van der Waals surface area (Å²) in [5.74, 6) is 1.05. The van der Waals surface area contributed by atoms with Crippen LogP contribution in [0.4, 0.5) is 17.2 Å². The quantitative estimate of drug-likeness (QED) is 0.723. The Kier molecular flexibility index (Phi) is 5.75. The molecule has 0 radical (unpaired) electrons. The first-order valence-electron chi connectivity index (χ1n) is 10.0. The summed E-state index contributed by atoms with van der Waals surface area (Å²) < 4.78 is 0. The van der Waals surface area contributed by atoms with E-state index in [9.17, 15) is 4.79 Å². The van der Waals surface area contributed by atoms with E-state index >= 15 is 0 Å². The first-order valence-corrected chi connectivity index (χ1v) is 10.0. The van der Waals surface area contributed by atoms with Gasteiger partial charge in [0.15, 0.2) is 0 Å². The Balaban J connectivity index is 1.31. The maximum Gasteiger partial charge on any atom is 0.228 e. The molecule has 1 aliphatic heterocycles. The van der Waals surface area contributed by atoms with Gasteiger partial charge in [0, 0.05) is 43.8 Å². The van der Waals surface area contributed by atoms with Crippen LogP contribution in [0.15, 0.2) is 72.9 Å². The molecule has 0 unspecified atom stereocenters. The molecule has 1 N–H and O–H groups in total. The van der Waals surface area contributed by atoms with Crippen molar-refractivity contribution in [1.82, 2.24) is 4.98 Å². The molecule has 5 heteroatoms. The van der Waals surface area contributed by atoms with Crippen molar-refractivity contribution in [1.29, 1.82) is 0 Å². The first kappa shape index (κ1) is 19.0. The molecule has 1 fully saturated rings. The number of pyridine rings is 1. The minimum atomic E-state index is 0.00678. The van der Waals surface area contributed by atoms with E-state index in [0.29, 0.717) is 6.42 Å². The Morgan fingerprint density at radius 1 is 0.931 bits per heavy atom. The summed E-state index contributed by atoms with van der Waals surface area (Å²) in [5.41, 5.74) is 4.22. The van der Waals surface area contributed by atoms with Crippen molar-refractivity contribution in [3.8, 4) is 0 Å². The van der Waals surface area contributed by atoms with Crippen molar-refractivity contribution >= 4 is 23.1 Å². The van der Waals surface area contributed by atoms with Crippen LogP contribution in [-0.4, -0.2) is 37.1 Å². The minimum absolute atomic E-state index is 0.00678. The fraction of sp³-hybridized carbons (Fsp3) is 0.250. The van der Waals surface area contributed by atoms with E-state index in [2.05, 4.69) is 38.3 Å². The number of rotatable bonds is 5. The Morgan fingerprint density at radius 3 is 2.38 bits per heavy atom. The molecule has 2 aromatic carbocycles. The molecule has 0 saturated carbocycles. The average Bonchev–Trinajstić information content (AvgIpc) is 2.75. The van der Waals surface area contributed by atoms with E-state index in [0.717, 1.165) is 43.2 Å². The molecule has 2 heterocycles. The van der Waals surface area contributed by atoms with Crippen molar-refractivity contribution in [3.63, 3.8) is 0 Å². The van der Waals surface area contributed by atoms with E-state index in [1.807, 2.05) is 61.7 Å². The number of anilines is 3. The highest BCUT2D eigenvalue weighted by Gasteiger charge is 2.18. The molecule has 4 rings (SSSR count). The summed E-state index contributed by atoms with van der Waals surface area (Å²) in [6, 6.07) is 22.2. The van der Waals surface area contributed by atoms with E-state index in [1.54, 1.807) is 0 Å². The van der Waals surface area contributed by atoms with Crippen LogP contribution in [0.3, 0.4) is 0 Å². The zero-order valence-corrected chi connectivity index (χ0v) is 16.7. The standard InChI is InChI=1S/C24H26N4O/c1-19-5-4-6-20(17-19)18-24(29)26-21-8-10-22(11-9-21)27-13-15-28(16-14-27)23-7-2-3-12-25-23/h2-12,17H,13-16,18H2,1H3,(H,26,29). The van der Waals surface area contributed by atoms with Gasteiger partial charge in [-0.15, -0.1) is 0 Å². The number of hydrogen-bond acceptors (Lipinski definition) is 4. The SMILES string of the molecule is Cc1cccc(CC(=O)Nc2ccc(N3CCN(c4ccccn4)CC3)cc2)c1. The highest BCUT2D eigenvalue weighted by molar-refractivity contribution is 5.92. The van der Waals surface area contributed by atoms with Crippen LogP contribution in [0.5, 0.6) is 0 Å². The fourth-order valence-corrected chi connectivity index (χ4v) is 3.70. The molecule has 0 atom stereocenters. The van der Waals surface area contributed by atoms with Gasteiger partial charge in [-0.05, 0) is 48.9 Å². The van der Waals surface area contributed by atoms with Gasteiger partial charge in [0.2, 0.25) is 5.91 Å². The third-order valence-electron chi connectivity index (χ3n) is 5.22. The zero-order valence-electron chi connectivity index (χ0n) is 16.7. The lowest BCUT2D eigenvalue weighted by Crippen LogP contribution is -2.46. The highest BCUT2D eigenvalue weighted by Crippen LogP contribution is 2.21. The third kappa shape index (κ3) is 4.93. The van der Waals surface area contributed by atoms with Gasteiger partial charge in [-0.25, -0.2) is 4.98 Å². The molecule has 1 saturated heterocycles. The van der Waals surface area contributed by atoms with E-state index in [1.165, 1.54) is 11.3 Å². The number of aromatic nitrogens is 1. The largest absolute Gasteiger partial charge is 0.368 e.